The molecule has 2 rings (SSSR count). The molecule has 23 heavy (non-hydrogen) atoms. The second-order valence-corrected chi connectivity index (χ2v) is 5.39. The molecule has 0 saturated carbocycles. The van der Waals surface area contributed by atoms with Crippen molar-refractivity contribution in [3.8, 4) is 5.75 Å². The van der Waals surface area contributed by atoms with Gasteiger partial charge in [-0.25, -0.2) is 4.99 Å². The van der Waals surface area contributed by atoms with Gasteiger partial charge in [0.1, 0.15) is 5.75 Å². The van der Waals surface area contributed by atoms with Crippen LogP contribution in [0.5, 0.6) is 5.75 Å². The molecule has 0 aliphatic rings. The molecule has 0 unspecified atom stereocenters. The van der Waals surface area contributed by atoms with Gasteiger partial charge in [-0.3, -0.25) is 0 Å². The topological polar surface area (TPSA) is 45.7 Å². The summed E-state index contributed by atoms with van der Waals surface area (Å²) in [5.41, 5.74) is 3.63. The van der Waals surface area contributed by atoms with E-state index in [1.165, 1.54) is 11.1 Å². The average Bonchev–Trinajstić information content (AvgIpc) is 2.59. The largest absolute Gasteiger partial charge is 0.497 e. The first-order chi connectivity index (χ1) is 11.2. The van der Waals surface area contributed by atoms with Crippen LogP contribution in [0.25, 0.3) is 0 Å². The number of rotatable bonds is 6. The van der Waals surface area contributed by atoms with Gasteiger partial charge in [-0.1, -0.05) is 42.0 Å². The summed E-state index contributed by atoms with van der Waals surface area (Å²) in [6.45, 7) is 6.36. The number of aryl methyl sites for hydroxylation is 1. The summed E-state index contributed by atoms with van der Waals surface area (Å²) in [6.07, 6.45) is 0. The standard InChI is InChI=1S/C19H25N3O/c1-4-20-19(21-13-16-10-8-15(2)9-11-16)22-14-17-6-5-7-18(12-17)23-3/h5-12H,4,13-14H2,1-3H3,(H2,20,21,22). The molecule has 4 heteroatoms. The van der Waals surface area contributed by atoms with Crippen molar-refractivity contribution in [2.75, 3.05) is 13.7 Å². The van der Waals surface area contributed by atoms with E-state index in [1.807, 2.05) is 18.2 Å². The van der Waals surface area contributed by atoms with Crippen molar-refractivity contribution < 1.29 is 4.74 Å². The first-order valence-corrected chi connectivity index (χ1v) is 7.92. The fourth-order valence-electron chi connectivity index (χ4n) is 2.17. The van der Waals surface area contributed by atoms with E-state index in [-0.39, 0.29) is 0 Å². The van der Waals surface area contributed by atoms with Gasteiger partial charge in [0.05, 0.1) is 13.7 Å². The molecule has 0 aromatic heterocycles. The first kappa shape index (κ1) is 16.9. The summed E-state index contributed by atoms with van der Waals surface area (Å²) in [4.78, 5) is 4.63. The summed E-state index contributed by atoms with van der Waals surface area (Å²) in [7, 11) is 1.68. The first-order valence-electron chi connectivity index (χ1n) is 7.92. The van der Waals surface area contributed by atoms with Gasteiger partial charge in [-0.15, -0.1) is 0 Å². The van der Waals surface area contributed by atoms with Crippen LogP contribution in [0.3, 0.4) is 0 Å². The highest BCUT2D eigenvalue weighted by Gasteiger charge is 2.00. The third-order valence-electron chi connectivity index (χ3n) is 3.48. The van der Waals surface area contributed by atoms with Gasteiger partial charge in [0.15, 0.2) is 5.96 Å². The van der Waals surface area contributed by atoms with Crippen molar-refractivity contribution in [2.45, 2.75) is 26.9 Å². The predicted octanol–water partition coefficient (Wildman–Crippen LogP) is 3.26. The molecule has 0 aliphatic carbocycles. The van der Waals surface area contributed by atoms with E-state index in [4.69, 9.17) is 4.74 Å². The highest BCUT2D eigenvalue weighted by molar-refractivity contribution is 5.79. The van der Waals surface area contributed by atoms with Crippen LogP contribution >= 0.6 is 0 Å². The van der Waals surface area contributed by atoms with Crippen LogP contribution in [-0.4, -0.2) is 19.6 Å². The van der Waals surface area contributed by atoms with E-state index < -0.39 is 0 Å². The number of methoxy groups -OCH3 is 1. The van der Waals surface area contributed by atoms with E-state index >= 15 is 0 Å². The zero-order chi connectivity index (χ0) is 16.5. The summed E-state index contributed by atoms with van der Waals surface area (Å²) in [5.74, 6) is 1.67. The molecule has 0 atom stereocenters. The Morgan fingerprint density at radius 1 is 1.04 bits per heavy atom. The van der Waals surface area contributed by atoms with Gasteiger partial charge in [0.25, 0.3) is 0 Å². The van der Waals surface area contributed by atoms with Crippen molar-refractivity contribution in [3.05, 3.63) is 65.2 Å². The molecule has 122 valence electrons. The minimum absolute atomic E-state index is 0.612. The third-order valence-corrected chi connectivity index (χ3v) is 3.48. The molecule has 2 aromatic rings. The van der Waals surface area contributed by atoms with E-state index in [1.54, 1.807) is 7.11 Å². The van der Waals surface area contributed by atoms with Crippen LogP contribution in [0, 0.1) is 6.92 Å². The van der Waals surface area contributed by atoms with Gasteiger partial charge in [-0.2, -0.15) is 0 Å². The molecule has 2 aromatic carbocycles. The Hall–Kier alpha value is -2.49. The van der Waals surface area contributed by atoms with Gasteiger partial charge < -0.3 is 15.4 Å². The summed E-state index contributed by atoms with van der Waals surface area (Å²) in [5, 5.41) is 6.63. The molecule has 2 N–H and O–H groups in total. The zero-order valence-electron chi connectivity index (χ0n) is 14.1. The Kier molecular flexibility index (Phi) is 6.48. The maximum Gasteiger partial charge on any atom is 0.191 e. The fraction of sp³-hybridized carbons (Fsp3) is 0.316. The van der Waals surface area contributed by atoms with Crippen molar-refractivity contribution in [2.24, 2.45) is 4.99 Å². The Balaban J connectivity index is 1.97. The summed E-state index contributed by atoms with van der Waals surface area (Å²) < 4.78 is 5.24. The van der Waals surface area contributed by atoms with Gasteiger partial charge in [0.2, 0.25) is 0 Å². The Morgan fingerprint density at radius 2 is 1.83 bits per heavy atom. The van der Waals surface area contributed by atoms with Crippen LogP contribution in [0.1, 0.15) is 23.6 Å². The lowest BCUT2D eigenvalue weighted by molar-refractivity contribution is 0.414. The van der Waals surface area contributed by atoms with Crippen LogP contribution in [0.4, 0.5) is 0 Å². The number of benzene rings is 2. The maximum absolute atomic E-state index is 5.24. The van der Waals surface area contributed by atoms with Crippen LogP contribution < -0.4 is 15.4 Å². The van der Waals surface area contributed by atoms with Crippen molar-refractivity contribution in [1.82, 2.24) is 10.6 Å². The maximum atomic E-state index is 5.24. The van der Waals surface area contributed by atoms with Crippen molar-refractivity contribution >= 4 is 5.96 Å². The molecular weight excluding hydrogens is 286 g/mol. The predicted molar refractivity (Wildman–Crippen MR) is 95.8 cm³/mol. The molecule has 0 saturated heterocycles. The van der Waals surface area contributed by atoms with Crippen LogP contribution in [-0.2, 0) is 13.1 Å². The number of hydrogen-bond acceptors (Lipinski definition) is 2. The number of guanidine groups is 1. The number of nitrogens with one attached hydrogen (secondary N) is 2. The normalized spacial score (nSPS) is 11.2. The van der Waals surface area contributed by atoms with Crippen LogP contribution in [0.15, 0.2) is 53.5 Å². The number of hydrogen-bond donors (Lipinski definition) is 2. The van der Waals surface area contributed by atoms with Gasteiger partial charge in [0, 0.05) is 13.1 Å². The number of aliphatic imine (C=N–C) groups is 1. The summed E-state index contributed by atoms with van der Waals surface area (Å²) in [6, 6.07) is 16.5. The van der Waals surface area contributed by atoms with E-state index in [0.717, 1.165) is 30.4 Å². The Labute approximate surface area is 138 Å². The van der Waals surface area contributed by atoms with Crippen LogP contribution in [0.2, 0.25) is 0 Å². The minimum Gasteiger partial charge on any atom is -0.497 e. The lowest BCUT2D eigenvalue weighted by atomic mass is 10.1. The number of nitrogens with zero attached hydrogens (tertiary/aromatic N) is 1. The monoisotopic (exact) mass is 311 g/mol. The Bertz CT molecular complexity index is 635. The molecule has 0 bridgehead atoms. The third kappa shape index (κ3) is 5.66. The van der Waals surface area contributed by atoms with Gasteiger partial charge in [-0.05, 0) is 37.1 Å². The highest BCUT2D eigenvalue weighted by atomic mass is 16.5. The Morgan fingerprint density at radius 3 is 2.52 bits per heavy atom. The highest BCUT2D eigenvalue weighted by Crippen LogP contribution is 2.13. The molecule has 0 amide bonds. The van der Waals surface area contributed by atoms with Gasteiger partial charge >= 0.3 is 0 Å². The molecule has 0 aliphatic heterocycles. The molecule has 4 nitrogen and oxygen atoms in total. The molecule has 0 fully saturated rings. The molecule has 0 heterocycles. The van der Waals surface area contributed by atoms with E-state index in [0.29, 0.717) is 6.54 Å². The SMILES string of the molecule is CCNC(=NCc1cccc(OC)c1)NCc1ccc(C)cc1. The van der Waals surface area contributed by atoms with E-state index in [2.05, 4.69) is 59.8 Å². The van der Waals surface area contributed by atoms with Crippen molar-refractivity contribution in [3.63, 3.8) is 0 Å². The lowest BCUT2D eigenvalue weighted by Gasteiger charge is -2.12. The second kappa shape index (κ2) is 8.83. The average molecular weight is 311 g/mol. The van der Waals surface area contributed by atoms with E-state index in [9.17, 15) is 0 Å². The molecular formula is C19H25N3O. The zero-order valence-corrected chi connectivity index (χ0v) is 14.1. The molecule has 0 spiro atoms. The quantitative estimate of drug-likeness (QED) is 0.636. The lowest BCUT2D eigenvalue weighted by Crippen LogP contribution is -2.36. The van der Waals surface area contributed by atoms with Crippen molar-refractivity contribution in [1.29, 1.82) is 0 Å². The second-order valence-electron chi connectivity index (χ2n) is 5.39. The smallest absolute Gasteiger partial charge is 0.191 e. The summed E-state index contributed by atoms with van der Waals surface area (Å²) >= 11 is 0. The fourth-order valence-corrected chi connectivity index (χ4v) is 2.17. The molecule has 0 radical (unpaired) electrons. The number of ether oxygens (including phenoxy) is 1. The minimum atomic E-state index is 0.612.